The summed E-state index contributed by atoms with van der Waals surface area (Å²) in [4.78, 5) is 0.214. The minimum Gasteiger partial charge on any atom is -0.327 e. The average Bonchev–Trinajstić information content (AvgIpc) is 2.29. The molecule has 3 nitrogen and oxygen atoms in total. The Morgan fingerprint density at radius 1 is 1.31 bits per heavy atom. The molecule has 0 bridgehead atoms. The third kappa shape index (κ3) is 2.59. The Balaban J connectivity index is 3.10. The number of alkyl halides is 1. The van der Waals surface area contributed by atoms with Crippen molar-refractivity contribution in [3.8, 4) is 0 Å². The molecule has 1 aromatic carbocycles. The molecule has 90 valence electrons. The normalized spacial score (nSPS) is 15.8. The summed E-state index contributed by atoms with van der Waals surface area (Å²) in [6, 6.07) is 5.77. The highest BCUT2D eigenvalue weighted by atomic mass is 32.2. The van der Waals surface area contributed by atoms with Crippen molar-refractivity contribution in [2.75, 3.05) is 12.3 Å². The molecule has 16 heavy (non-hydrogen) atoms. The van der Waals surface area contributed by atoms with Gasteiger partial charge in [0.25, 0.3) is 0 Å². The van der Waals surface area contributed by atoms with E-state index in [2.05, 4.69) is 0 Å². The van der Waals surface area contributed by atoms with E-state index in [1.807, 2.05) is 0 Å². The van der Waals surface area contributed by atoms with Crippen LogP contribution < -0.4 is 5.73 Å². The summed E-state index contributed by atoms with van der Waals surface area (Å²) in [6.45, 7) is 2.81. The standard InChI is InChI=1S/C11H16FNO2S/c1-3-16(14,15)10-6-4-9(5-7-10)11(2,12)8-13/h4-7H,3,8,13H2,1-2H3. The molecule has 0 saturated heterocycles. The molecule has 0 saturated carbocycles. The number of benzene rings is 1. The quantitative estimate of drug-likeness (QED) is 0.877. The smallest absolute Gasteiger partial charge is 0.178 e. The SMILES string of the molecule is CCS(=O)(=O)c1ccc(C(C)(F)CN)cc1. The van der Waals surface area contributed by atoms with Crippen molar-refractivity contribution in [1.29, 1.82) is 0 Å². The third-order valence-electron chi connectivity index (χ3n) is 2.58. The Labute approximate surface area is 95.4 Å². The topological polar surface area (TPSA) is 60.2 Å². The highest BCUT2D eigenvalue weighted by molar-refractivity contribution is 7.91. The lowest BCUT2D eigenvalue weighted by Gasteiger charge is -2.18. The summed E-state index contributed by atoms with van der Waals surface area (Å²) in [6.07, 6.45) is 0. The van der Waals surface area contributed by atoms with Gasteiger partial charge in [-0.25, -0.2) is 12.8 Å². The second-order valence-electron chi connectivity index (χ2n) is 3.83. The van der Waals surface area contributed by atoms with Crippen LogP contribution in [-0.4, -0.2) is 20.7 Å². The summed E-state index contributed by atoms with van der Waals surface area (Å²) in [5.74, 6) is 0.0378. The molecule has 0 aliphatic heterocycles. The third-order valence-corrected chi connectivity index (χ3v) is 4.33. The zero-order valence-corrected chi connectivity index (χ0v) is 10.2. The zero-order valence-electron chi connectivity index (χ0n) is 9.40. The summed E-state index contributed by atoms with van der Waals surface area (Å²) in [5, 5.41) is 0. The van der Waals surface area contributed by atoms with Crippen molar-refractivity contribution in [2.24, 2.45) is 5.73 Å². The van der Waals surface area contributed by atoms with Crippen LogP contribution in [0.3, 0.4) is 0 Å². The zero-order chi connectivity index (χ0) is 12.4. The summed E-state index contributed by atoms with van der Waals surface area (Å²) >= 11 is 0. The first-order valence-electron chi connectivity index (χ1n) is 5.06. The monoisotopic (exact) mass is 245 g/mol. The first-order valence-corrected chi connectivity index (χ1v) is 6.71. The Morgan fingerprint density at radius 2 is 1.81 bits per heavy atom. The van der Waals surface area contributed by atoms with Crippen molar-refractivity contribution in [3.05, 3.63) is 29.8 Å². The van der Waals surface area contributed by atoms with Gasteiger partial charge in [-0.15, -0.1) is 0 Å². The van der Waals surface area contributed by atoms with Gasteiger partial charge >= 0.3 is 0 Å². The van der Waals surface area contributed by atoms with Crippen LogP contribution in [-0.2, 0) is 15.5 Å². The molecule has 0 heterocycles. The van der Waals surface area contributed by atoms with Gasteiger partial charge in [-0.1, -0.05) is 19.1 Å². The molecule has 2 N–H and O–H groups in total. The summed E-state index contributed by atoms with van der Waals surface area (Å²) in [7, 11) is -3.22. The number of nitrogens with two attached hydrogens (primary N) is 1. The lowest BCUT2D eigenvalue weighted by atomic mass is 9.98. The Kier molecular flexibility index (Phi) is 3.70. The second kappa shape index (κ2) is 4.51. The molecule has 5 heteroatoms. The van der Waals surface area contributed by atoms with Crippen LogP contribution in [0.15, 0.2) is 29.2 Å². The molecule has 0 radical (unpaired) electrons. The minimum absolute atomic E-state index is 0.0378. The lowest BCUT2D eigenvalue weighted by molar-refractivity contribution is 0.203. The van der Waals surface area contributed by atoms with E-state index < -0.39 is 15.5 Å². The lowest BCUT2D eigenvalue weighted by Crippen LogP contribution is -2.26. The fourth-order valence-corrected chi connectivity index (χ4v) is 2.18. The summed E-state index contributed by atoms with van der Waals surface area (Å²) in [5.41, 5.74) is 4.07. The van der Waals surface area contributed by atoms with E-state index in [-0.39, 0.29) is 17.2 Å². The summed E-state index contributed by atoms with van der Waals surface area (Å²) < 4.78 is 36.8. The number of halogens is 1. The van der Waals surface area contributed by atoms with Crippen LogP contribution in [0, 0.1) is 0 Å². The van der Waals surface area contributed by atoms with E-state index in [0.717, 1.165) is 0 Å². The molecule has 0 fully saturated rings. The fourth-order valence-electron chi connectivity index (χ4n) is 1.29. The van der Waals surface area contributed by atoms with Gasteiger partial charge in [0, 0.05) is 6.54 Å². The van der Waals surface area contributed by atoms with E-state index in [4.69, 9.17) is 5.73 Å². The molecule has 0 spiro atoms. The van der Waals surface area contributed by atoms with Crippen molar-refractivity contribution < 1.29 is 12.8 Å². The minimum atomic E-state index is -3.22. The molecular weight excluding hydrogens is 229 g/mol. The Hall–Kier alpha value is -0.940. The first-order chi connectivity index (χ1) is 7.33. The largest absolute Gasteiger partial charge is 0.327 e. The molecule has 0 aliphatic carbocycles. The maximum absolute atomic E-state index is 13.8. The number of sulfone groups is 1. The molecule has 0 aliphatic rings. The highest BCUT2D eigenvalue weighted by Crippen LogP contribution is 2.25. The number of hydrogen-bond donors (Lipinski definition) is 1. The van der Waals surface area contributed by atoms with Gasteiger partial charge in [0.1, 0.15) is 5.67 Å². The molecule has 1 unspecified atom stereocenters. The molecule has 0 aromatic heterocycles. The van der Waals surface area contributed by atoms with Gasteiger partial charge in [-0.2, -0.15) is 0 Å². The fraction of sp³-hybridized carbons (Fsp3) is 0.455. The maximum atomic E-state index is 13.8. The van der Waals surface area contributed by atoms with E-state index in [0.29, 0.717) is 5.56 Å². The van der Waals surface area contributed by atoms with Crippen LogP contribution in [0.2, 0.25) is 0 Å². The van der Waals surface area contributed by atoms with Gasteiger partial charge in [0.15, 0.2) is 9.84 Å². The second-order valence-corrected chi connectivity index (χ2v) is 6.11. The molecule has 0 amide bonds. The van der Waals surface area contributed by atoms with Gasteiger partial charge in [0.05, 0.1) is 10.6 Å². The average molecular weight is 245 g/mol. The van der Waals surface area contributed by atoms with Crippen LogP contribution in [0.1, 0.15) is 19.4 Å². The van der Waals surface area contributed by atoms with Gasteiger partial charge < -0.3 is 5.73 Å². The Bertz CT molecular complexity index is 451. The predicted octanol–water partition coefficient (Wildman–Crippen LogP) is 1.62. The predicted molar refractivity (Wildman–Crippen MR) is 61.7 cm³/mol. The highest BCUT2D eigenvalue weighted by Gasteiger charge is 2.24. The molecule has 1 aromatic rings. The molecule has 1 atom stereocenters. The van der Waals surface area contributed by atoms with E-state index in [1.165, 1.54) is 31.2 Å². The molecule has 1 rings (SSSR count). The van der Waals surface area contributed by atoms with Crippen molar-refractivity contribution >= 4 is 9.84 Å². The Morgan fingerprint density at radius 3 is 2.19 bits per heavy atom. The van der Waals surface area contributed by atoms with Crippen LogP contribution in [0.25, 0.3) is 0 Å². The van der Waals surface area contributed by atoms with Crippen LogP contribution >= 0.6 is 0 Å². The number of hydrogen-bond acceptors (Lipinski definition) is 3. The molecular formula is C11H16FNO2S. The van der Waals surface area contributed by atoms with Gasteiger partial charge in [-0.05, 0) is 24.6 Å². The van der Waals surface area contributed by atoms with Crippen molar-refractivity contribution in [3.63, 3.8) is 0 Å². The van der Waals surface area contributed by atoms with Crippen molar-refractivity contribution in [1.82, 2.24) is 0 Å². The first kappa shape index (κ1) is 13.1. The maximum Gasteiger partial charge on any atom is 0.178 e. The van der Waals surface area contributed by atoms with E-state index in [1.54, 1.807) is 6.92 Å². The van der Waals surface area contributed by atoms with Crippen LogP contribution in [0.4, 0.5) is 4.39 Å². The van der Waals surface area contributed by atoms with Gasteiger partial charge in [0.2, 0.25) is 0 Å². The van der Waals surface area contributed by atoms with E-state index >= 15 is 0 Å². The van der Waals surface area contributed by atoms with E-state index in [9.17, 15) is 12.8 Å². The van der Waals surface area contributed by atoms with Crippen LogP contribution in [0.5, 0.6) is 0 Å². The van der Waals surface area contributed by atoms with Crippen molar-refractivity contribution in [2.45, 2.75) is 24.4 Å². The number of rotatable bonds is 4. The van der Waals surface area contributed by atoms with Gasteiger partial charge in [-0.3, -0.25) is 0 Å².